The molecule has 0 unspecified atom stereocenters. The molecule has 0 N–H and O–H groups in total. The molecule has 0 amide bonds. The third-order valence-electron chi connectivity index (χ3n) is 2.88. The van der Waals surface area contributed by atoms with Crippen molar-refractivity contribution in [3.05, 3.63) is 63.6 Å². The molecule has 0 heterocycles. The van der Waals surface area contributed by atoms with Crippen LogP contribution in [0.4, 0.5) is 5.69 Å². The smallest absolute Gasteiger partial charge is 0.148 e. The molecular weight excluding hydrogens is 422 g/mol. The van der Waals surface area contributed by atoms with Gasteiger partial charge in [0.2, 0.25) is 0 Å². The Bertz CT molecular complexity index is 674. The van der Waals surface area contributed by atoms with Gasteiger partial charge in [0, 0.05) is 6.21 Å². The lowest BCUT2D eigenvalue weighted by molar-refractivity contribution is 0.340. The van der Waals surface area contributed by atoms with Crippen LogP contribution >= 0.6 is 31.9 Å². The minimum Gasteiger partial charge on any atom is -0.494 e. The average Bonchev–Trinajstić information content (AvgIpc) is 2.54. The van der Waals surface area contributed by atoms with Gasteiger partial charge >= 0.3 is 0 Å². The van der Waals surface area contributed by atoms with E-state index in [1.165, 1.54) is 0 Å². The molecule has 0 fully saturated rings. The first kappa shape index (κ1) is 17.8. The second-order valence-corrected chi connectivity index (χ2v) is 6.31. The van der Waals surface area contributed by atoms with Crippen molar-refractivity contribution < 1.29 is 9.47 Å². The van der Waals surface area contributed by atoms with Crippen LogP contribution in [0.2, 0.25) is 0 Å². The van der Waals surface area contributed by atoms with Crippen LogP contribution in [0.1, 0.15) is 12.5 Å². The van der Waals surface area contributed by atoms with Crippen LogP contribution in [0, 0.1) is 0 Å². The fourth-order valence-corrected chi connectivity index (χ4v) is 3.33. The van der Waals surface area contributed by atoms with Gasteiger partial charge in [0.1, 0.15) is 18.1 Å². The SMILES string of the molecule is C=CCOc1c(Br)cc(C=Nc2ccc(OCC)cc2)cc1Br. The number of halogens is 2. The summed E-state index contributed by atoms with van der Waals surface area (Å²) in [5, 5.41) is 0. The number of benzene rings is 2. The van der Waals surface area contributed by atoms with Crippen LogP contribution in [-0.4, -0.2) is 19.4 Å². The van der Waals surface area contributed by atoms with Gasteiger partial charge in [0.15, 0.2) is 0 Å². The molecule has 0 aliphatic heterocycles. The first-order valence-electron chi connectivity index (χ1n) is 7.13. The second kappa shape index (κ2) is 8.89. The Hall–Kier alpha value is -1.59. The standard InChI is InChI=1S/C18H17Br2NO2/c1-3-9-23-18-16(19)10-13(11-17(18)20)12-21-14-5-7-15(8-6-14)22-4-2/h3,5-8,10-12H,1,4,9H2,2H3. The summed E-state index contributed by atoms with van der Waals surface area (Å²) in [6, 6.07) is 11.6. The summed E-state index contributed by atoms with van der Waals surface area (Å²) < 4.78 is 12.7. The van der Waals surface area contributed by atoms with Crippen molar-refractivity contribution in [1.29, 1.82) is 0 Å². The fourth-order valence-electron chi connectivity index (χ4n) is 1.88. The minimum absolute atomic E-state index is 0.455. The summed E-state index contributed by atoms with van der Waals surface area (Å²) in [4.78, 5) is 4.47. The molecular formula is C18H17Br2NO2. The van der Waals surface area contributed by atoms with E-state index >= 15 is 0 Å². The van der Waals surface area contributed by atoms with Gasteiger partial charge in [0.05, 0.1) is 21.2 Å². The predicted molar refractivity (Wildman–Crippen MR) is 102 cm³/mol. The molecule has 3 nitrogen and oxygen atoms in total. The minimum atomic E-state index is 0.455. The lowest BCUT2D eigenvalue weighted by Gasteiger charge is -2.09. The van der Waals surface area contributed by atoms with Crippen molar-refractivity contribution in [2.75, 3.05) is 13.2 Å². The van der Waals surface area contributed by atoms with Crippen LogP contribution in [-0.2, 0) is 0 Å². The maximum atomic E-state index is 5.60. The molecule has 0 aliphatic rings. The second-order valence-electron chi connectivity index (χ2n) is 4.60. The largest absolute Gasteiger partial charge is 0.494 e. The number of aliphatic imine (C=N–C) groups is 1. The lowest BCUT2D eigenvalue weighted by Crippen LogP contribution is -1.96. The Morgan fingerprint density at radius 2 is 1.74 bits per heavy atom. The van der Waals surface area contributed by atoms with Gasteiger partial charge in [-0.15, -0.1) is 0 Å². The van der Waals surface area contributed by atoms with Crippen molar-refractivity contribution in [3.8, 4) is 11.5 Å². The Balaban J connectivity index is 2.14. The molecule has 0 saturated carbocycles. The van der Waals surface area contributed by atoms with Crippen molar-refractivity contribution in [3.63, 3.8) is 0 Å². The van der Waals surface area contributed by atoms with Crippen molar-refractivity contribution in [2.24, 2.45) is 4.99 Å². The summed E-state index contributed by atoms with van der Waals surface area (Å²) in [6.45, 7) is 6.72. The van der Waals surface area contributed by atoms with E-state index in [1.54, 1.807) is 6.08 Å². The molecule has 0 aliphatic carbocycles. The molecule has 120 valence electrons. The highest BCUT2D eigenvalue weighted by molar-refractivity contribution is 9.11. The van der Waals surface area contributed by atoms with E-state index in [0.717, 1.165) is 31.7 Å². The van der Waals surface area contributed by atoms with Crippen molar-refractivity contribution >= 4 is 43.8 Å². The Morgan fingerprint density at radius 3 is 2.30 bits per heavy atom. The quantitative estimate of drug-likeness (QED) is 0.396. The zero-order valence-corrected chi connectivity index (χ0v) is 15.9. The summed E-state index contributed by atoms with van der Waals surface area (Å²) >= 11 is 7.03. The van der Waals surface area contributed by atoms with E-state index < -0.39 is 0 Å². The maximum Gasteiger partial charge on any atom is 0.148 e. The molecule has 0 radical (unpaired) electrons. The van der Waals surface area contributed by atoms with E-state index in [-0.39, 0.29) is 0 Å². The van der Waals surface area contributed by atoms with Gasteiger partial charge in [-0.3, -0.25) is 4.99 Å². The van der Waals surface area contributed by atoms with Gasteiger partial charge in [0.25, 0.3) is 0 Å². The number of ether oxygens (including phenoxy) is 2. The molecule has 2 rings (SSSR count). The first-order valence-corrected chi connectivity index (χ1v) is 8.72. The normalized spacial score (nSPS) is 10.7. The van der Waals surface area contributed by atoms with Crippen LogP contribution < -0.4 is 9.47 Å². The number of nitrogens with zero attached hydrogens (tertiary/aromatic N) is 1. The van der Waals surface area contributed by atoms with Crippen LogP contribution in [0.25, 0.3) is 0 Å². The third-order valence-corrected chi connectivity index (χ3v) is 4.05. The van der Waals surface area contributed by atoms with Crippen LogP contribution in [0.5, 0.6) is 11.5 Å². The monoisotopic (exact) mass is 437 g/mol. The molecule has 2 aromatic carbocycles. The molecule has 0 atom stereocenters. The summed E-state index contributed by atoms with van der Waals surface area (Å²) in [6.07, 6.45) is 3.52. The number of rotatable bonds is 7. The summed E-state index contributed by atoms with van der Waals surface area (Å²) in [7, 11) is 0. The predicted octanol–water partition coefficient (Wildman–Crippen LogP) is 5.93. The Kier molecular flexibility index (Phi) is 6.86. The highest BCUT2D eigenvalue weighted by Crippen LogP contribution is 2.34. The van der Waals surface area contributed by atoms with E-state index in [2.05, 4.69) is 43.4 Å². The fraction of sp³-hybridized carbons (Fsp3) is 0.167. The Morgan fingerprint density at radius 1 is 1.09 bits per heavy atom. The molecule has 0 bridgehead atoms. The van der Waals surface area contributed by atoms with Gasteiger partial charge < -0.3 is 9.47 Å². The molecule has 0 aromatic heterocycles. The molecule has 0 saturated heterocycles. The van der Waals surface area contributed by atoms with Crippen molar-refractivity contribution in [1.82, 2.24) is 0 Å². The lowest BCUT2D eigenvalue weighted by atomic mass is 10.2. The topological polar surface area (TPSA) is 30.8 Å². The summed E-state index contributed by atoms with van der Waals surface area (Å²) in [5.74, 6) is 1.60. The number of hydrogen-bond acceptors (Lipinski definition) is 3. The van der Waals surface area contributed by atoms with Gasteiger partial charge in [-0.25, -0.2) is 0 Å². The van der Waals surface area contributed by atoms with E-state index in [9.17, 15) is 0 Å². The number of hydrogen-bond donors (Lipinski definition) is 0. The third kappa shape index (κ3) is 5.22. The van der Waals surface area contributed by atoms with E-state index in [4.69, 9.17) is 9.47 Å². The van der Waals surface area contributed by atoms with Crippen LogP contribution in [0.15, 0.2) is 63.0 Å². The van der Waals surface area contributed by atoms with Gasteiger partial charge in [-0.2, -0.15) is 0 Å². The Labute approximate surface area is 153 Å². The highest BCUT2D eigenvalue weighted by atomic mass is 79.9. The maximum absolute atomic E-state index is 5.60. The average molecular weight is 439 g/mol. The summed E-state index contributed by atoms with van der Waals surface area (Å²) in [5.41, 5.74) is 1.83. The van der Waals surface area contributed by atoms with Crippen molar-refractivity contribution in [2.45, 2.75) is 6.92 Å². The van der Waals surface area contributed by atoms with Gasteiger partial charge in [-0.1, -0.05) is 12.7 Å². The van der Waals surface area contributed by atoms with E-state index in [1.807, 2.05) is 49.5 Å². The molecule has 0 spiro atoms. The molecule has 5 heteroatoms. The van der Waals surface area contributed by atoms with Gasteiger partial charge in [-0.05, 0) is 80.7 Å². The van der Waals surface area contributed by atoms with E-state index in [0.29, 0.717) is 13.2 Å². The molecule has 2 aromatic rings. The highest BCUT2D eigenvalue weighted by Gasteiger charge is 2.07. The van der Waals surface area contributed by atoms with Crippen LogP contribution in [0.3, 0.4) is 0 Å². The zero-order valence-electron chi connectivity index (χ0n) is 12.8. The molecule has 23 heavy (non-hydrogen) atoms. The first-order chi connectivity index (χ1) is 11.1. The zero-order chi connectivity index (χ0) is 16.7.